The molecule has 2 aromatic heterocycles. The Kier molecular flexibility index (Phi) is 5.35. The molecule has 0 spiro atoms. The van der Waals surface area contributed by atoms with Crippen molar-refractivity contribution >= 4 is 11.1 Å². The van der Waals surface area contributed by atoms with Gasteiger partial charge in [0.1, 0.15) is 5.52 Å². The zero-order chi connectivity index (χ0) is 23.6. The Bertz CT molecular complexity index is 1570. The predicted molar refractivity (Wildman–Crippen MR) is 139 cm³/mol. The van der Waals surface area contributed by atoms with Crippen molar-refractivity contribution in [3.05, 3.63) is 109 Å². The molecule has 0 aliphatic heterocycles. The van der Waals surface area contributed by atoms with Crippen molar-refractivity contribution in [1.82, 2.24) is 19.9 Å². The lowest BCUT2D eigenvalue weighted by molar-refractivity contribution is 0.538. The van der Waals surface area contributed by atoms with Crippen LogP contribution < -0.4 is 0 Å². The summed E-state index contributed by atoms with van der Waals surface area (Å²) in [5.74, 6) is 2.68. The number of rotatable bonds is 5. The molecule has 0 fully saturated rings. The molecule has 5 heteroatoms. The smallest absolute Gasteiger partial charge is 0.195 e. The zero-order valence-electron chi connectivity index (χ0n) is 19.2. The molecule has 0 N–H and O–H groups in total. The average molecular weight is 455 g/mol. The number of oxazole rings is 1. The molecule has 2 heterocycles. The van der Waals surface area contributed by atoms with Crippen LogP contribution in [0.15, 0.2) is 108 Å². The van der Waals surface area contributed by atoms with Gasteiger partial charge in [-0.25, -0.2) is 19.9 Å². The first-order chi connectivity index (χ1) is 17.3. The van der Waals surface area contributed by atoms with Crippen LogP contribution in [0.1, 0.15) is 12.8 Å². The fourth-order valence-electron chi connectivity index (χ4n) is 4.08. The zero-order valence-corrected chi connectivity index (χ0v) is 19.2. The van der Waals surface area contributed by atoms with E-state index < -0.39 is 0 Å². The molecule has 168 valence electrons. The van der Waals surface area contributed by atoms with E-state index in [1.807, 2.05) is 85.8 Å². The van der Waals surface area contributed by atoms with Crippen LogP contribution in [-0.4, -0.2) is 19.9 Å². The van der Waals surface area contributed by atoms with Crippen molar-refractivity contribution in [1.29, 1.82) is 0 Å². The number of hydrogen-bond acceptors (Lipinski definition) is 5. The molecule has 35 heavy (non-hydrogen) atoms. The second-order valence-electron chi connectivity index (χ2n) is 8.26. The molecule has 0 aliphatic rings. The molecule has 0 saturated heterocycles. The van der Waals surface area contributed by atoms with Gasteiger partial charge in [-0.2, -0.15) is 0 Å². The monoisotopic (exact) mass is 454 g/mol. The maximum atomic E-state index is 5.77. The third-order valence-electron chi connectivity index (χ3n) is 5.89. The van der Waals surface area contributed by atoms with Gasteiger partial charge in [-0.1, -0.05) is 91.9 Å². The third kappa shape index (κ3) is 4.20. The molecule has 0 saturated carbocycles. The van der Waals surface area contributed by atoms with Gasteiger partial charge in [0.2, 0.25) is 0 Å². The van der Waals surface area contributed by atoms with Crippen LogP contribution in [-0.2, 0) is 6.42 Å². The van der Waals surface area contributed by atoms with Gasteiger partial charge in [-0.3, -0.25) is 0 Å². The highest BCUT2D eigenvalue weighted by atomic mass is 16.3. The van der Waals surface area contributed by atoms with Gasteiger partial charge in [0.05, 0.1) is 0 Å². The second-order valence-corrected chi connectivity index (χ2v) is 8.26. The molecule has 0 unspecified atom stereocenters. The van der Waals surface area contributed by atoms with E-state index in [0.29, 0.717) is 17.5 Å². The van der Waals surface area contributed by atoms with Gasteiger partial charge >= 0.3 is 0 Å². The van der Waals surface area contributed by atoms with Gasteiger partial charge in [0.15, 0.2) is 28.9 Å². The molecule has 5 nitrogen and oxygen atoms in total. The lowest BCUT2D eigenvalue weighted by Crippen LogP contribution is -2.00. The van der Waals surface area contributed by atoms with Crippen molar-refractivity contribution in [2.24, 2.45) is 0 Å². The Hall–Kier alpha value is -4.64. The van der Waals surface area contributed by atoms with Crippen LogP contribution in [0.5, 0.6) is 0 Å². The highest BCUT2D eigenvalue weighted by molar-refractivity contribution is 5.81. The molecule has 0 aliphatic carbocycles. The third-order valence-corrected chi connectivity index (χ3v) is 5.89. The molecule has 4 aromatic carbocycles. The van der Waals surface area contributed by atoms with Crippen LogP contribution in [0, 0.1) is 0 Å². The summed E-state index contributed by atoms with van der Waals surface area (Å²) in [6.07, 6.45) is 0.770. The summed E-state index contributed by atoms with van der Waals surface area (Å²) in [6, 6.07) is 34.4. The first-order valence-corrected chi connectivity index (χ1v) is 11.6. The van der Waals surface area contributed by atoms with Gasteiger partial charge in [-0.05, 0) is 29.3 Å². The number of aryl methyl sites for hydroxylation is 1. The number of fused-ring (bicyclic) bond motifs is 1. The summed E-state index contributed by atoms with van der Waals surface area (Å²) < 4.78 is 5.77. The Morgan fingerprint density at radius 2 is 1.06 bits per heavy atom. The number of hydrogen-bond donors (Lipinski definition) is 0. The van der Waals surface area contributed by atoms with Crippen LogP contribution >= 0.6 is 0 Å². The van der Waals surface area contributed by atoms with E-state index >= 15 is 0 Å². The fourth-order valence-corrected chi connectivity index (χ4v) is 4.08. The van der Waals surface area contributed by atoms with E-state index in [1.165, 1.54) is 0 Å². The van der Waals surface area contributed by atoms with E-state index in [-0.39, 0.29) is 0 Å². The molecule has 0 bridgehead atoms. The maximum absolute atomic E-state index is 5.77. The van der Waals surface area contributed by atoms with E-state index in [9.17, 15) is 0 Å². The number of aromatic nitrogens is 4. The van der Waals surface area contributed by atoms with Gasteiger partial charge < -0.3 is 4.42 Å². The first kappa shape index (κ1) is 20.9. The highest BCUT2D eigenvalue weighted by Crippen LogP contribution is 2.29. The minimum Gasteiger partial charge on any atom is -0.441 e. The normalized spacial score (nSPS) is 11.1. The number of benzene rings is 4. The first-order valence-electron chi connectivity index (χ1n) is 11.6. The molecule has 0 radical (unpaired) electrons. The summed E-state index contributed by atoms with van der Waals surface area (Å²) in [7, 11) is 0. The summed E-state index contributed by atoms with van der Waals surface area (Å²) in [4.78, 5) is 19.1. The van der Waals surface area contributed by atoms with Gasteiger partial charge in [-0.15, -0.1) is 0 Å². The van der Waals surface area contributed by atoms with Crippen molar-refractivity contribution in [2.75, 3.05) is 0 Å². The Morgan fingerprint density at radius 3 is 1.69 bits per heavy atom. The molecular weight excluding hydrogens is 432 g/mol. The summed E-state index contributed by atoms with van der Waals surface area (Å²) in [6.45, 7) is 2.04. The summed E-state index contributed by atoms with van der Waals surface area (Å²) in [5, 5.41) is 0. The molecule has 0 amide bonds. The van der Waals surface area contributed by atoms with Crippen LogP contribution in [0.3, 0.4) is 0 Å². The molecule has 0 atom stereocenters. The van der Waals surface area contributed by atoms with Crippen LogP contribution in [0.4, 0.5) is 0 Å². The van der Waals surface area contributed by atoms with E-state index in [1.54, 1.807) is 0 Å². The van der Waals surface area contributed by atoms with Gasteiger partial charge in [0, 0.05) is 23.1 Å². The van der Waals surface area contributed by atoms with E-state index in [4.69, 9.17) is 19.4 Å². The minimum absolute atomic E-state index is 0.635. The van der Waals surface area contributed by atoms with Crippen molar-refractivity contribution in [3.63, 3.8) is 0 Å². The highest BCUT2D eigenvalue weighted by Gasteiger charge is 2.13. The Labute approximate surface area is 203 Å². The SMILES string of the molecule is CCc1nc2cc(-c3cccc(-c4nc(-c5ccccc5)nc(-c5ccccc5)n4)c3)ccc2o1. The second kappa shape index (κ2) is 8.95. The Balaban J connectivity index is 1.47. The Morgan fingerprint density at radius 1 is 0.514 bits per heavy atom. The van der Waals surface area contributed by atoms with Crippen molar-refractivity contribution < 1.29 is 4.42 Å². The maximum Gasteiger partial charge on any atom is 0.195 e. The van der Waals surface area contributed by atoms with Crippen molar-refractivity contribution in [2.45, 2.75) is 13.3 Å². The quantitative estimate of drug-likeness (QED) is 0.275. The van der Waals surface area contributed by atoms with Gasteiger partial charge in [0.25, 0.3) is 0 Å². The minimum atomic E-state index is 0.635. The van der Waals surface area contributed by atoms with Crippen LogP contribution in [0.25, 0.3) is 56.4 Å². The largest absolute Gasteiger partial charge is 0.441 e. The molecule has 6 rings (SSSR count). The topological polar surface area (TPSA) is 64.7 Å². The van der Waals surface area contributed by atoms with E-state index in [0.717, 1.165) is 51.2 Å². The fraction of sp³-hybridized carbons (Fsp3) is 0.0667. The predicted octanol–water partition coefficient (Wildman–Crippen LogP) is 7.24. The lowest BCUT2D eigenvalue weighted by Gasteiger charge is -2.09. The summed E-state index contributed by atoms with van der Waals surface area (Å²) in [5.41, 5.74) is 6.63. The lowest BCUT2D eigenvalue weighted by atomic mass is 10.0. The summed E-state index contributed by atoms with van der Waals surface area (Å²) >= 11 is 0. The van der Waals surface area contributed by atoms with Crippen LogP contribution in [0.2, 0.25) is 0 Å². The average Bonchev–Trinajstić information content (AvgIpc) is 3.37. The molecular formula is C30H22N4O. The number of nitrogens with zero attached hydrogens (tertiary/aromatic N) is 4. The standard InChI is InChI=1S/C30H22N4O/c1-2-27-31-25-19-23(16-17-26(25)35-27)22-14-9-15-24(18-22)30-33-28(20-10-5-3-6-11-20)32-29(34-30)21-12-7-4-8-13-21/h3-19H,2H2,1H3. The van der Waals surface area contributed by atoms with E-state index in [2.05, 4.69) is 29.2 Å². The molecule has 6 aromatic rings. The van der Waals surface area contributed by atoms with Crippen molar-refractivity contribution in [3.8, 4) is 45.3 Å².